The Balaban J connectivity index is 2.19. The van der Waals surface area contributed by atoms with E-state index in [1.807, 2.05) is 12.1 Å². The quantitative estimate of drug-likeness (QED) is 0.871. The third-order valence-corrected chi connectivity index (χ3v) is 4.53. The van der Waals surface area contributed by atoms with E-state index in [0.29, 0.717) is 5.92 Å². The minimum atomic E-state index is -4.77. The number of nitrogens with one attached hydrogen (secondary N) is 1. The second-order valence-electron chi connectivity index (χ2n) is 6.72. The van der Waals surface area contributed by atoms with Crippen LogP contribution in [0.4, 0.5) is 13.2 Å². The van der Waals surface area contributed by atoms with Crippen molar-refractivity contribution in [2.75, 3.05) is 13.1 Å². The molecular formula is C17H22F3NO2. The lowest BCUT2D eigenvalue weighted by molar-refractivity contribution is -0.236. The highest BCUT2D eigenvalue weighted by Gasteiger charge is 2.66. The van der Waals surface area contributed by atoms with Gasteiger partial charge in [0.25, 0.3) is 0 Å². The predicted molar refractivity (Wildman–Crippen MR) is 81.2 cm³/mol. The Bertz CT molecular complexity index is 554. The summed E-state index contributed by atoms with van der Waals surface area (Å²) in [6.45, 7) is 3.69. The molecule has 0 radical (unpaired) electrons. The second-order valence-corrected chi connectivity index (χ2v) is 6.72. The molecule has 2 rings (SSSR count). The maximum absolute atomic E-state index is 13.4. The summed E-state index contributed by atoms with van der Waals surface area (Å²) in [5.74, 6) is -2.29. The number of hydrogen-bond donors (Lipinski definition) is 2. The minimum Gasteiger partial charge on any atom is -0.481 e. The van der Waals surface area contributed by atoms with Gasteiger partial charge in [-0.2, -0.15) is 13.2 Å². The monoisotopic (exact) mass is 329 g/mol. The molecule has 0 saturated carbocycles. The molecule has 2 N–H and O–H groups in total. The van der Waals surface area contributed by atoms with Gasteiger partial charge in [-0.25, -0.2) is 0 Å². The largest absolute Gasteiger partial charge is 0.481 e. The van der Waals surface area contributed by atoms with Gasteiger partial charge in [0.15, 0.2) is 5.41 Å². The van der Waals surface area contributed by atoms with E-state index < -0.39 is 30.0 Å². The first-order valence-electron chi connectivity index (χ1n) is 7.75. The van der Waals surface area contributed by atoms with Crippen LogP contribution >= 0.6 is 0 Å². The molecule has 0 amide bonds. The molecule has 0 unspecified atom stereocenters. The molecule has 6 heteroatoms. The fourth-order valence-electron chi connectivity index (χ4n) is 3.28. The maximum atomic E-state index is 13.4. The van der Waals surface area contributed by atoms with Gasteiger partial charge in [0, 0.05) is 12.5 Å². The van der Waals surface area contributed by atoms with Gasteiger partial charge in [-0.1, -0.05) is 38.1 Å². The molecule has 1 aliphatic heterocycles. The van der Waals surface area contributed by atoms with Gasteiger partial charge in [0.2, 0.25) is 0 Å². The number of benzene rings is 1. The third-order valence-electron chi connectivity index (χ3n) is 4.53. The van der Waals surface area contributed by atoms with E-state index in [0.717, 1.165) is 17.5 Å². The van der Waals surface area contributed by atoms with Gasteiger partial charge in [-0.15, -0.1) is 0 Å². The Kier molecular flexibility index (Phi) is 5.04. The molecular weight excluding hydrogens is 307 g/mol. The number of aliphatic carboxylic acids is 1. The SMILES string of the molecule is CC(C)Cc1ccc(C[C@@H]2CNC[C@@]2(C(=O)O)C(F)(F)F)cc1. The van der Waals surface area contributed by atoms with E-state index in [-0.39, 0.29) is 13.0 Å². The van der Waals surface area contributed by atoms with Crippen molar-refractivity contribution in [1.82, 2.24) is 5.32 Å². The zero-order valence-corrected chi connectivity index (χ0v) is 13.3. The van der Waals surface area contributed by atoms with E-state index in [1.54, 1.807) is 12.1 Å². The standard InChI is InChI=1S/C17H22F3NO2/c1-11(2)7-12-3-5-13(6-4-12)8-14-9-21-10-16(14,15(22)23)17(18,19)20/h3-6,11,14,21H,7-10H2,1-2H3,(H,22,23)/t14-,16-/m1/s1. The first-order chi connectivity index (χ1) is 10.7. The third kappa shape index (κ3) is 3.52. The Morgan fingerprint density at radius 1 is 1.30 bits per heavy atom. The van der Waals surface area contributed by atoms with E-state index in [1.165, 1.54) is 0 Å². The number of carbonyl (C=O) groups is 1. The van der Waals surface area contributed by atoms with Crippen molar-refractivity contribution in [3.8, 4) is 0 Å². The van der Waals surface area contributed by atoms with Crippen LogP contribution in [0, 0.1) is 17.3 Å². The molecule has 1 heterocycles. The average molecular weight is 329 g/mol. The first-order valence-corrected chi connectivity index (χ1v) is 7.75. The topological polar surface area (TPSA) is 49.3 Å². The van der Waals surface area contributed by atoms with E-state index in [2.05, 4.69) is 19.2 Å². The summed E-state index contributed by atoms with van der Waals surface area (Å²) in [6, 6.07) is 7.43. The number of alkyl halides is 3. The van der Waals surface area contributed by atoms with Crippen molar-refractivity contribution >= 4 is 5.97 Å². The number of halogens is 3. The maximum Gasteiger partial charge on any atom is 0.406 e. The number of hydrogen-bond acceptors (Lipinski definition) is 2. The molecule has 1 aliphatic rings. The van der Waals surface area contributed by atoms with Crippen LogP contribution in [0.15, 0.2) is 24.3 Å². The number of rotatable bonds is 5. The zero-order chi connectivity index (χ0) is 17.3. The van der Waals surface area contributed by atoms with Gasteiger partial charge < -0.3 is 10.4 Å². The molecule has 1 aromatic rings. The van der Waals surface area contributed by atoms with Crippen LogP contribution in [0.1, 0.15) is 25.0 Å². The summed E-state index contributed by atoms with van der Waals surface area (Å²) in [6.07, 6.45) is -3.77. The van der Waals surface area contributed by atoms with Crippen LogP contribution in [0.25, 0.3) is 0 Å². The molecule has 0 aliphatic carbocycles. The second kappa shape index (κ2) is 6.51. The van der Waals surface area contributed by atoms with E-state index in [4.69, 9.17) is 0 Å². The smallest absolute Gasteiger partial charge is 0.406 e. The van der Waals surface area contributed by atoms with Gasteiger partial charge in [0.1, 0.15) is 0 Å². The molecule has 3 nitrogen and oxygen atoms in total. The van der Waals surface area contributed by atoms with Crippen molar-refractivity contribution < 1.29 is 23.1 Å². The van der Waals surface area contributed by atoms with Crippen molar-refractivity contribution in [2.45, 2.75) is 32.9 Å². The van der Waals surface area contributed by atoms with Crippen LogP contribution in [-0.2, 0) is 17.6 Å². The van der Waals surface area contributed by atoms with Gasteiger partial charge >= 0.3 is 12.1 Å². The first kappa shape index (κ1) is 17.8. The molecule has 1 saturated heterocycles. The molecule has 0 aromatic heterocycles. The van der Waals surface area contributed by atoms with E-state index in [9.17, 15) is 23.1 Å². The highest BCUT2D eigenvalue weighted by Crippen LogP contribution is 2.47. The average Bonchev–Trinajstić information content (AvgIpc) is 2.84. The normalized spacial score (nSPS) is 25.0. The van der Waals surface area contributed by atoms with Crippen LogP contribution in [0.3, 0.4) is 0 Å². The summed E-state index contributed by atoms with van der Waals surface area (Å²) in [5.41, 5.74) is -0.835. The molecule has 1 aromatic carbocycles. The Labute approximate surface area is 133 Å². The summed E-state index contributed by atoms with van der Waals surface area (Å²) in [7, 11) is 0. The summed E-state index contributed by atoms with van der Waals surface area (Å²) in [4.78, 5) is 11.4. The Morgan fingerprint density at radius 3 is 2.35 bits per heavy atom. The van der Waals surface area contributed by atoms with Gasteiger partial charge in [0.05, 0.1) is 0 Å². The van der Waals surface area contributed by atoms with Crippen molar-refractivity contribution in [3.63, 3.8) is 0 Å². The highest BCUT2D eigenvalue weighted by molar-refractivity contribution is 5.77. The molecule has 1 fully saturated rings. The van der Waals surface area contributed by atoms with Crippen LogP contribution in [-0.4, -0.2) is 30.3 Å². The van der Waals surface area contributed by atoms with Gasteiger partial charge in [-0.05, 0) is 36.4 Å². The lowest BCUT2D eigenvalue weighted by Gasteiger charge is -2.32. The summed E-state index contributed by atoms with van der Waals surface area (Å²) in [5, 5.41) is 11.8. The van der Waals surface area contributed by atoms with Crippen molar-refractivity contribution in [2.24, 2.45) is 17.3 Å². The molecule has 128 valence electrons. The van der Waals surface area contributed by atoms with Crippen molar-refractivity contribution in [1.29, 1.82) is 0 Å². The zero-order valence-electron chi connectivity index (χ0n) is 13.3. The molecule has 0 spiro atoms. The predicted octanol–water partition coefficient (Wildman–Crippen LogP) is 3.28. The van der Waals surface area contributed by atoms with Crippen molar-refractivity contribution in [3.05, 3.63) is 35.4 Å². The summed E-state index contributed by atoms with van der Waals surface area (Å²) >= 11 is 0. The fraction of sp³-hybridized carbons (Fsp3) is 0.588. The highest BCUT2D eigenvalue weighted by atomic mass is 19.4. The van der Waals surface area contributed by atoms with Crippen LogP contribution in [0.5, 0.6) is 0 Å². The van der Waals surface area contributed by atoms with Crippen LogP contribution < -0.4 is 5.32 Å². The Hall–Kier alpha value is -1.56. The number of carboxylic acid groups (broad SMARTS) is 1. The van der Waals surface area contributed by atoms with Gasteiger partial charge in [-0.3, -0.25) is 4.79 Å². The van der Waals surface area contributed by atoms with E-state index >= 15 is 0 Å². The summed E-state index contributed by atoms with van der Waals surface area (Å²) < 4.78 is 40.2. The lowest BCUT2D eigenvalue weighted by Crippen LogP contribution is -2.51. The number of carboxylic acids is 1. The fourth-order valence-corrected chi connectivity index (χ4v) is 3.28. The Morgan fingerprint density at radius 2 is 1.87 bits per heavy atom. The lowest BCUT2D eigenvalue weighted by atomic mass is 9.74. The van der Waals surface area contributed by atoms with Crippen LogP contribution in [0.2, 0.25) is 0 Å². The minimum absolute atomic E-state index is 0.0551. The molecule has 23 heavy (non-hydrogen) atoms. The molecule has 0 bridgehead atoms. The molecule has 2 atom stereocenters.